The van der Waals surface area contributed by atoms with Gasteiger partial charge in [-0.25, -0.2) is 0 Å². The summed E-state index contributed by atoms with van der Waals surface area (Å²) in [5.41, 5.74) is 0.0607. The second-order valence-corrected chi connectivity index (χ2v) is 6.91. The Hall–Kier alpha value is -2.62. The highest BCUT2D eigenvalue weighted by Crippen LogP contribution is 2.38. The van der Waals surface area contributed by atoms with Gasteiger partial charge in [0.1, 0.15) is 12.1 Å². The lowest BCUT2D eigenvalue weighted by molar-refractivity contribution is -0.158. The number of para-hydroxylation sites is 2. The minimum absolute atomic E-state index is 0.0513. The first-order chi connectivity index (χ1) is 13.2. The molecule has 2 atom stereocenters. The van der Waals surface area contributed by atoms with Crippen LogP contribution in [0.2, 0.25) is 0 Å². The number of fused-ring (bicyclic) bond motifs is 1. The van der Waals surface area contributed by atoms with Gasteiger partial charge >= 0.3 is 12.1 Å². The molecular weight excluding hydrogens is 379 g/mol. The number of alkyl halides is 3. The number of halogens is 3. The quantitative estimate of drug-likeness (QED) is 0.814. The molecule has 2 amide bonds. The number of carboxylic acids is 1. The molecule has 2 heterocycles. The maximum absolute atomic E-state index is 13.7. The third-order valence-corrected chi connectivity index (χ3v) is 5.01. The van der Waals surface area contributed by atoms with Gasteiger partial charge in [0.05, 0.1) is 24.3 Å². The Labute approximate surface area is 159 Å². The first-order valence-electron chi connectivity index (χ1n) is 8.93. The van der Waals surface area contributed by atoms with Gasteiger partial charge in [0.15, 0.2) is 0 Å². The monoisotopic (exact) mass is 399 g/mol. The van der Waals surface area contributed by atoms with Gasteiger partial charge in [-0.3, -0.25) is 24.2 Å². The molecule has 1 aromatic rings. The van der Waals surface area contributed by atoms with Crippen LogP contribution in [-0.4, -0.2) is 59.1 Å². The van der Waals surface area contributed by atoms with Crippen molar-refractivity contribution in [3.05, 3.63) is 24.3 Å². The molecule has 3 rings (SSSR count). The van der Waals surface area contributed by atoms with Crippen LogP contribution in [-0.2, 0) is 14.4 Å². The highest BCUT2D eigenvalue weighted by atomic mass is 19.4. The molecule has 0 radical (unpaired) electrons. The number of hydrogen-bond acceptors (Lipinski definition) is 4. The fourth-order valence-electron chi connectivity index (χ4n) is 3.71. The number of carboxylic acid groups (broad SMARTS) is 1. The van der Waals surface area contributed by atoms with Gasteiger partial charge < -0.3 is 10.4 Å². The number of aliphatic carboxylic acids is 1. The van der Waals surface area contributed by atoms with Crippen molar-refractivity contribution in [1.29, 1.82) is 0 Å². The van der Waals surface area contributed by atoms with Gasteiger partial charge in [0, 0.05) is 0 Å². The zero-order valence-electron chi connectivity index (χ0n) is 14.9. The second-order valence-electron chi connectivity index (χ2n) is 6.91. The molecule has 0 spiro atoms. The maximum Gasteiger partial charge on any atom is 0.409 e. The molecule has 7 nitrogen and oxygen atoms in total. The fraction of sp³-hybridized carbons (Fsp3) is 0.500. The molecule has 0 saturated carbocycles. The van der Waals surface area contributed by atoms with E-state index in [2.05, 4.69) is 5.32 Å². The van der Waals surface area contributed by atoms with Gasteiger partial charge in [0.25, 0.3) is 0 Å². The number of carbonyl (C=O) groups is 3. The fourth-order valence-corrected chi connectivity index (χ4v) is 3.71. The molecule has 2 aliphatic heterocycles. The van der Waals surface area contributed by atoms with E-state index in [-0.39, 0.29) is 11.4 Å². The Morgan fingerprint density at radius 1 is 1.21 bits per heavy atom. The van der Waals surface area contributed by atoms with Crippen LogP contribution in [0, 0.1) is 0 Å². The Kier molecular flexibility index (Phi) is 5.59. The number of benzene rings is 1. The molecule has 0 aliphatic carbocycles. The smallest absolute Gasteiger partial charge is 0.409 e. The summed E-state index contributed by atoms with van der Waals surface area (Å²) in [5, 5.41) is 11.7. The van der Waals surface area contributed by atoms with Crippen molar-refractivity contribution in [1.82, 2.24) is 4.90 Å². The number of nitrogens with one attached hydrogen (secondary N) is 1. The standard InChI is InChI=1S/C18H20F3N3O4/c19-18(20,21)14-9-15(25)22-11-5-1-2-6-12(11)24(14)16(26)10-23-8-4-3-7-13(23)17(27)28/h1-2,5-6,13-14H,3-4,7-10H2,(H,22,25)(H,27,28). The van der Waals surface area contributed by atoms with E-state index in [1.165, 1.54) is 23.1 Å². The highest BCUT2D eigenvalue weighted by Gasteiger charge is 2.49. The first-order valence-corrected chi connectivity index (χ1v) is 8.93. The number of amides is 2. The summed E-state index contributed by atoms with van der Waals surface area (Å²) in [5.74, 6) is -2.83. The van der Waals surface area contributed by atoms with E-state index in [0.29, 0.717) is 30.7 Å². The average Bonchev–Trinajstić information content (AvgIpc) is 2.77. The third kappa shape index (κ3) is 4.11. The van der Waals surface area contributed by atoms with Crippen LogP contribution in [0.1, 0.15) is 25.7 Å². The van der Waals surface area contributed by atoms with Crippen LogP contribution < -0.4 is 10.2 Å². The summed E-state index contributed by atoms with van der Waals surface area (Å²) in [7, 11) is 0. The predicted molar refractivity (Wildman–Crippen MR) is 93.9 cm³/mol. The van der Waals surface area contributed by atoms with E-state index in [9.17, 15) is 32.7 Å². The van der Waals surface area contributed by atoms with Crippen LogP contribution in [0.5, 0.6) is 0 Å². The topological polar surface area (TPSA) is 90.0 Å². The zero-order chi connectivity index (χ0) is 20.5. The van der Waals surface area contributed by atoms with E-state index in [0.717, 1.165) is 0 Å². The maximum atomic E-state index is 13.7. The van der Waals surface area contributed by atoms with Gasteiger partial charge in [-0.1, -0.05) is 18.6 Å². The molecule has 1 saturated heterocycles. The molecule has 0 aromatic heterocycles. The lowest BCUT2D eigenvalue weighted by Crippen LogP contribution is -2.55. The minimum Gasteiger partial charge on any atom is -0.480 e. The summed E-state index contributed by atoms with van der Waals surface area (Å²) in [6, 6.07) is 2.54. The number of anilines is 2. The molecule has 2 aliphatic rings. The highest BCUT2D eigenvalue weighted by molar-refractivity contribution is 6.05. The van der Waals surface area contributed by atoms with Crippen LogP contribution in [0.3, 0.4) is 0 Å². The Morgan fingerprint density at radius 2 is 1.93 bits per heavy atom. The van der Waals surface area contributed by atoms with Crippen molar-refractivity contribution < 1.29 is 32.7 Å². The van der Waals surface area contributed by atoms with Crippen LogP contribution in [0.4, 0.5) is 24.5 Å². The Bertz CT molecular complexity index is 784. The lowest BCUT2D eigenvalue weighted by atomic mass is 10.0. The molecule has 2 N–H and O–H groups in total. The number of likely N-dealkylation sites (tertiary alicyclic amines) is 1. The number of nitrogens with zero attached hydrogens (tertiary/aromatic N) is 2. The van der Waals surface area contributed by atoms with Crippen molar-refractivity contribution in [3.63, 3.8) is 0 Å². The molecule has 0 bridgehead atoms. The van der Waals surface area contributed by atoms with Crippen LogP contribution >= 0.6 is 0 Å². The van der Waals surface area contributed by atoms with E-state index in [4.69, 9.17) is 0 Å². The molecule has 28 heavy (non-hydrogen) atoms. The van der Waals surface area contributed by atoms with Crippen LogP contribution in [0.15, 0.2) is 24.3 Å². The van der Waals surface area contributed by atoms with Crippen LogP contribution in [0.25, 0.3) is 0 Å². The Balaban J connectivity index is 1.96. The molecule has 1 fully saturated rings. The molecular formula is C18H20F3N3O4. The third-order valence-electron chi connectivity index (χ3n) is 5.01. The summed E-state index contributed by atoms with van der Waals surface area (Å²) in [4.78, 5) is 38.3. The van der Waals surface area contributed by atoms with Crippen molar-refractivity contribution >= 4 is 29.2 Å². The average molecular weight is 399 g/mol. The Morgan fingerprint density at radius 3 is 2.61 bits per heavy atom. The van der Waals surface area contributed by atoms with E-state index in [1.54, 1.807) is 6.07 Å². The van der Waals surface area contributed by atoms with E-state index >= 15 is 0 Å². The molecule has 1 aromatic carbocycles. The van der Waals surface area contributed by atoms with Crippen molar-refractivity contribution in [2.24, 2.45) is 0 Å². The lowest BCUT2D eigenvalue weighted by Gasteiger charge is -2.36. The van der Waals surface area contributed by atoms with Gasteiger partial charge in [0.2, 0.25) is 11.8 Å². The molecule has 2 unspecified atom stereocenters. The van der Waals surface area contributed by atoms with Crippen molar-refractivity contribution in [2.75, 3.05) is 23.3 Å². The predicted octanol–water partition coefficient (Wildman–Crippen LogP) is 2.23. The summed E-state index contributed by atoms with van der Waals surface area (Å²) < 4.78 is 41.1. The van der Waals surface area contributed by atoms with Crippen molar-refractivity contribution in [3.8, 4) is 0 Å². The zero-order valence-corrected chi connectivity index (χ0v) is 14.9. The summed E-state index contributed by atoms with van der Waals surface area (Å²) in [6.07, 6.45) is -4.07. The van der Waals surface area contributed by atoms with Crippen molar-refractivity contribution in [2.45, 2.75) is 43.9 Å². The van der Waals surface area contributed by atoms with Gasteiger partial charge in [-0.15, -0.1) is 0 Å². The van der Waals surface area contributed by atoms with E-state index in [1.807, 2.05) is 0 Å². The minimum atomic E-state index is -4.82. The van der Waals surface area contributed by atoms with Gasteiger partial charge in [-0.2, -0.15) is 13.2 Å². The normalized spacial score (nSPS) is 23.5. The SMILES string of the molecule is O=C1CC(C(F)(F)F)N(C(=O)CN2CCCCC2C(=O)O)c2ccccc2N1. The van der Waals surface area contributed by atoms with E-state index < -0.39 is 49.0 Å². The summed E-state index contributed by atoms with van der Waals surface area (Å²) >= 11 is 0. The molecule has 10 heteroatoms. The first kappa shape index (κ1) is 20.1. The number of piperidine rings is 1. The second kappa shape index (κ2) is 7.78. The molecule has 152 valence electrons. The number of rotatable bonds is 3. The van der Waals surface area contributed by atoms with Gasteiger partial charge in [-0.05, 0) is 31.5 Å². The summed E-state index contributed by atoms with van der Waals surface area (Å²) in [6.45, 7) is -0.155. The largest absolute Gasteiger partial charge is 0.480 e. The number of carbonyl (C=O) groups excluding carboxylic acids is 2. The number of hydrogen-bond donors (Lipinski definition) is 2.